The van der Waals surface area contributed by atoms with Gasteiger partial charge in [0.1, 0.15) is 23.8 Å². The first kappa shape index (κ1) is 13.7. The molecule has 2 aromatic heterocycles. The Labute approximate surface area is 132 Å². The van der Waals surface area contributed by atoms with E-state index < -0.39 is 0 Å². The molecule has 0 bridgehead atoms. The zero-order chi connectivity index (χ0) is 14.9. The highest BCUT2D eigenvalue weighted by Crippen LogP contribution is 2.32. The summed E-state index contributed by atoms with van der Waals surface area (Å²) in [6, 6.07) is 9.94. The van der Waals surface area contributed by atoms with Gasteiger partial charge in [0.2, 0.25) is 5.28 Å². The Morgan fingerprint density at radius 1 is 1.14 bits per heavy atom. The van der Waals surface area contributed by atoms with Gasteiger partial charge in [-0.1, -0.05) is 30.3 Å². The molecule has 3 aromatic rings. The molecule has 0 radical (unpaired) electrons. The van der Waals surface area contributed by atoms with Gasteiger partial charge >= 0.3 is 0 Å². The van der Waals surface area contributed by atoms with Crippen LogP contribution in [-0.2, 0) is 4.74 Å². The van der Waals surface area contributed by atoms with Gasteiger partial charge in [-0.05, 0) is 30.9 Å². The Morgan fingerprint density at radius 3 is 2.77 bits per heavy atom. The fraction of sp³-hybridized carbons (Fsp3) is 0.312. The SMILES string of the molecule is Clc1nc2c(-c3ccccc3)ncnc2n1C1CCCCO1. The van der Waals surface area contributed by atoms with Crippen LogP contribution in [0.15, 0.2) is 36.7 Å². The zero-order valence-corrected chi connectivity index (χ0v) is 12.7. The van der Waals surface area contributed by atoms with E-state index in [1.165, 1.54) is 0 Å². The van der Waals surface area contributed by atoms with E-state index >= 15 is 0 Å². The first-order valence-corrected chi connectivity index (χ1v) is 7.78. The van der Waals surface area contributed by atoms with Crippen LogP contribution in [-0.4, -0.2) is 26.1 Å². The highest BCUT2D eigenvalue weighted by Gasteiger charge is 2.23. The van der Waals surface area contributed by atoms with Crippen molar-refractivity contribution < 1.29 is 4.74 Å². The number of aromatic nitrogens is 4. The molecule has 112 valence electrons. The van der Waals surface area contributed by atoms with Gasteiger partial charge in [0, 0.05) is 12.2 Å². The lowest BCUT2D eigenvalue weighted by Crippen LogP contribution is -2.18. The molecular formula is C16H15ClN4O. The van der Waals surface area contributed by atoms with Gasteiger partial charge < -0.3 is 4.74 Å². The summed E-state index contributed by atoms with van der Waals surface area (Å²) in [5.74, 6) is 0. The minimum atomic E-state index is -0.0928. The fourth-order valence-corrected chi connectivity index (χ4v) is 3.15. The van der Waals surface area contributed by atoms with E-state index in [9.17, 15) is 0 Å². The smallest absolute Gasteiger partial charge is 0.207 e. The maximum atomic E-state index is 6.36. The summed E-state index contributed by atoms with van der Waals surface area (Å²) < 4.78 is 7.71. The van der Waals surface area contributed by atoms with Crippen LogP contribution in [0.4, 0.5) is 0 Å². The molecule has 1 atom stereocenters. The lowest BCUT2D eigenvalue weighted by Gasteiger charge is -2.24. The topological polar surface area (TPSA) is 52.8 Å². The van der Waals surface area contributed by atoms with Crippen molar-refractivity contribution in [3.05, 3.63) is 41.9 Å². The van der Waals surface area contributed by atoms with Crippen LogP contribution >= 0.6 is 11.6 Å². The van der Waals surface area contributed by atoms with E-state index in [4.69, 9.17) is 16.3 Å². The number of benzene rings is 1. The molecule has 1 aromatic carbocycles. The highest BCUT2D eigenvalue weighted by molar-refractivity contribution is 6.29. The van der Waals surface area contributed by atoms with Crippen LogP contribution in [0, 0.1) is 0 Å². The fourth-order valence-electron chi connectivity index (χ4n) is 2.87. The Balaban J connectivity index is 1.88. The first-order chi connectivity index (χ1) is 10.8. The standard InChI is InChI=1S/C16H15ClN4O/c17-16-20-14-13(11-6-2-1-3-7-11)18-10-19-15(14)21(16)12-8-4-5-9-22-12/h1-3,6-7,10,12H,4-5,8-9H2. The lowest BCUT2D eigenvalue weighted by molar-refractivity contribution is -0.0296. The molecule has 1 unspecified atom stereocenters. The van der Waals surface area contributed by atoms with E-state index in [2.05, 4.69) is 15.0 Å². The summed E-state index contributed by atoms with van der Waals surface area (Å²) in [7, 11) is 0. The van der Waals surface area contributed by atoms with Crippen LogP contribution in [0.25, 0.3) is 22.4 Å². The van der Waals surface area contributed by atoms with Crippen molar-refractivity contribution in [2.45, 2.75) is 25.5 Å². The van der Waals surface area contributed by atoms with Gasteiger partial charge in [-0.25, -0.2) is 15.0 Å². The number of fused-ring (bicyclic) bond motifs is 1. The van der Waals surface area contributed by atoms with Gasteiger partial charge in [0.15, 0.2) is 5.65 Å². The van der Waals surface area contributed by atoms with E-state index in [0.29, 0.717) is 10.8 Å². The monoisotopic (exact) mass is 314 g/mol. The summed E-state index contributed by atoms with van der Waals surface area (Å²) in [5.41, 5.74) is 3.24. The molecule has 3 heterocycles. The summed E-state index contributed by atoms with van der Waals surface area (Å²) in [5, 5.41) is 0.402. The Kier molecular flexibility index (Phi) is 3.52. The molecular weight excluding hydrogens is 300 g/mol. The average Bonchev–Trinajstić information content (AvgIpc) is 2.92. The van der Waals surface area contributed by atoms with E-state index in [-0.39, 0.29) is 6.23 Å². The van der Waals surface area contributed by atoms with Crippen molar-refractivity contribution in [2.24, 2.45) is 0 Å². The second-order valence-electron chi connectivity index (χ2n) is 5.33. The third-order valence-corrected chi connectivity index (χ3v) is 4.19. The lowest BCUT2D eigenvalue weighted by atomic mass is 10.1. The van der Waals surface area contributed by atoms with Gasteiger partial charge in [0.25, 0.3) is 0 Å². The molecule has 0 aliphatic carbocycles. The second kappa shape index (κ2) is 5.66. The van der Waals surface area contributed by atoms with Crippen LogP contribution in [0.5, 0.6) is 0 Å². The van der Waals surface area contributed by atoms with Crippen LogP contribution < -0.4 is 0 Å². The largest absolute Gasteiger partial charge is 0.358 e. The average molecular weight is 315 g/mol. The van der Waals surface area contributed by atoms with Crippen molar-refractivity contribution in [1.29, 1.82) is 0 Å². The predicted molar refractivity (Wildman–Crippen MR) is 84.6 cm³/mol. The van der Waals surface area contributed by atoms with Crippen molar-refractivity contribution in [2.75, 3.05) is 6.61 Å². The molecule has 0 saturated carbocycles. The second-order valence-corrected chi connectivity index (χ2v) is 5.67. The molecule has 1 aliphatic rings. The van der Waals surface area contributed by atoms with Gasteiger partial charge in [0.05, 0.1) is 0 Å². The van der Waals surface area contributed by atoms with E-state index in [1.54, 1.807) is 6.33 Å². The van der Waals surface area contributed by atoms with E-state index in [0.717, 1.165) is 42.8 Å². The summed E-state index contributed by atoms with van der Waals surface area (Å²) in [4.78, 5) is 13.3. The molecule has 6 heteroatoms. The van der Waals surface area contributed by atoms with Gasteiger partial charge in [-0.3, -0.25) is 4.57 Å². The van der Waals surface area contributed by atoms with Crippen molar-refractivity contribution in [3.8, 4) is 11.3 Å². The number of ether oxygens (including phenoxy) is 1. The van der Waals surface area contributed by atoms with E-state index in [1.807, 2.05) is 34.9 Å². The normalized spacial score (nSPS) is 18.7. The molecule has 0 amide bonds. The molecule has 22 heavy (non-hydrogen) atoms. The molecule has 1 aliphatic heterocycles. The predicted octanol–water partition coefficient (Wildman–Crippen LogP) is 3.85. The number of rotatable bonds is 2. The summed E-state index contributed by atoms with van der Waals surface area (Å²) >= 11 is 6.36. The molecule has 1 fully saturated rings. The first-order valence-electron chi connectivity index (χ1n) is 7.40. The molecule has 0 spiro atoms. The number of hydrogen-bond acceptors (Lipinski definition) is 4. The Hall–Kier alpha value is -1.98. The highest BCUT2D eigenvalue weighted by atomic mass is 35.5. The quantitative estimate of drug-likeness (QED) is 0.674. The molecule has 4 rings (SSSR count). The number of imidazole rings is 1. The Bertz CT molecular complexity index is 797. The maximum absolute atomic E-state index is 6.36. The number of nitrogens with zero attached hydrogens (tertiary/aromatic N) is 4. The minimum absolute atomic E-state index is 0.0928. The Morgan fingerprint density at radius 2 is 2.00 bits per heavy atom. The van der Waals surface area contributed by atoms with Gasteiger partial charge in [-0.2, -0.15) is 0 Å². The number of hydrogen-bond donors (Lipinski definition) is 0. The third kappa shape index (κ3) is 2.26. The zero-order valence-electron chi connectivity index (χ0n) is 11.9. The summed E-state index contributed by atoms with van der Waals surface area (Å²) in [6.07, 6.45) is 4.60. The van der Waals surface area contributed by atoms with Crippen molar-refractivity contribution >= 4 is 22.8 Å². The van der Waals surface area contributed by atoms with Crippen molar-refractivity contribution in [1.82, 2.24) is 19.5 Å². The number of halogens is 1. The van der Waals surface area contributed by atoms with Crippen LogP contribution in [0.3, 0.4) is 0 Å². The van der Waals surface area contributed by atoms with Crippen molar-refractivity contribution in [3.63, 3.8) is 0 Å². The third-order valence-electron chi connectivity index (χ3n) is 3.92. The molecule has 0 N–H and O–H groups in total. The molecule has 1 saturated heterocycles. The summed E-state index contributed by atoms with van der Waals surface area (Å²) in [6.45, 7) is 0.747. The van der Waals surface area contributed by atoms with Crippen LogP contribution in [0.1, 0.15) is 25.5 Å². The van der Waals surface area contributed by atoms with Crippen LogP contribution in [0.2, 0.25) is 5.28 Å². The van der Waals surface area contributed by atoms with Gasteiger partial charge in [-0.15, -0.1) is 0 Å². The maximum Gasteiger partial charge on any atom is 0.207 e. The molecule has 5 nitrogen and oxygen atoms in total. The minimum Gasteiger partial charge on any atom is -0.358 e.